The fourth-order valence-corrected chi connectivity index (χ4v) is 2.70. The number of nitrogens with two attached hydrogens (primary N) is 1. The summed E-state index contributed by atoms with van der Waals surface area (Å²) in [7, 11) is 0. The molecule has 0 unspecified atom stereocenters. The van der Waals surface area contributed by atoms with Gasteiger partial charge in [0.05, 0.1) is 0 Å². The molecule has 0 heterocycles. The van der Waals surface area contributed by atoms with Crippen molar-refractivity contribution in [2.24, 2.45) is 16.8 Å². The van der Waals surface area contributed by atoms with Crippen LogP contribution in [0.2, 0.25) is 0 Å². The summed E-state index contributed by atoms with van der Waals surface area (Å²) in [6.45, 7) is 2.15. The second kappa shape index (κ2) is 6.03. The zero-order valence-corrected chi connectivity index (χ0v) is 12.0. The maximum Gasteiger partial charge on any atom is 0.252 e. The molecule has 6 heteroatoms. The van der Waals surface area contributed by atoms with E-state index in [-0.39, 0.29) is 17.5 Å². The van der Waals surface area contributed by atoms with E-state index < -0.39 is 5.54 Å². The van der Waals surface area contributed by atoms with Crippen LogP contribution < -0.4 is 11.1 Å². The minimum absolute atomic E-state index is 0.0431. The molecule has 0 radical (unpaired) electrons. The largest absolute Gasteiger partial charge is 0.508 e. The summed E-state index contributed by atoms with van der Waals surface area (Å²) >= 11 is 0. The Kier molecular flexibility index (Phi) is 4.35. The lowest BCUT2D eigenvalue weighted by molar-refractivity contribution is 0.0897. The van der Waals surface area contributed by atoms with E-state index in [1.54, 1.807) is 0 Å². The third kappa shape index (κ3) is 3.26. The van der Waals surface area contributed by atoms with Crippen LogP contribution >= 0.6 is 0 Å². The van der Waals surface area contributed by atoms with Crippen LogP contribution in [0.15, 0.2) is 29.4 Å². The zero-order chi connectivity index (χ0) is 15.5. The molecule has 1 saturated carbocycles. The second-order valence-corrected chi connectivity index (χ2v) is 5.75. The molecule has 0 spiro atoms. The highest BCUT2D eigenvalue weighted by Crippen LogP contribution is 2.32. The van der Waals surface area contributed by atoms with Crippen molar-refractivity contribution in [2.45, 2.75) is 38.1 Å². The van der Waals surface area contributed by atoms with Crippen molar-refractivity contribution >= 4 is 11.7 Å². The lowest BCUT2D eigenvalue weighted by Gasteiger charge is -2.39. The summed E-state index contributed by atoms with van der Waals surface area (Å²) in [4.78, 5) is 12.3. The fraction of sp³-hybridized carbons (Fsp3) is 0.467. The Labute approximate surface area is 123 Å². The molecular weight excluding hydrogens is 270 g/mol. The van der Waals surface area contributed by atoms with Crippen LogP contribution in [0.3, 0.4) is 0 Å². The van der Waals surface area contributed by atoms with Gasteiger partial charge in [0, 0.05) is 5.56 Å². The summed E-state index contributed by atoms with van der Waals surface area (Å²) in [5.41, 5.74) is 5.46. The van der Waals surface area contributed by atoms with Crippen molar-refractivity contribution in [3.63, 3.8) is 0 Å². The Hall–Kier alpha value is -2.24. The number of carbonyl (C=O) groups excluding carboxylic acids is 1. The Morgan fingerprint density at radius 1 is 1.33 bits per heavy atom. The maximum atomic E-state index is 12.3. The molecule has 21 heavy (non-hydrogen) atoms. The van der Waals surface area contributed by atoms with E-state index in [0.717, 1.165) is 12.8 Å². The number of amides is 1. The minimum atomic E-state index is -0.795. The number of hydrogen-bond donors (Lipinski definition) is 4. The predicted octanol–water partition coefficient (Wildman–Crippen LogP) is 1.82. The molecule has 0 saturated heterocycles. The molecule has 0 bridgehead atoms. The third-order valence-electron chi connectivity index (χ3n) is 4.21. The van der Waals surface area contributed by atoms with Gasteiger partial charge in [0.2, 0.25) is 0 Å². The number of phenolic OH excluding ortho intramolecular Hbond substituents is 1. The highest BCUT2D eigenvalue weighted by Gasteiger charge is 2.39. The lowest BCUT2D eigenvalue weighted by atomic mass is 9.76. The molecule has 1 aromatic rings. The highest BCUT2D eigenvalue weighted by atomic mass is 16.4. The van der Waals surface area contributed by atoms with Crippen molar-refractivity contribution in [3.05, 3.63) is 29.8 Å². The number of nitrogens with one attached hydrogen (secondary N) is 1. The Morgan fingerprint density at radius 2 is 1.90 bits per heavy atom. The molecule has 114 valence electrons. The van der Waals surface area contributed by atoms with Gasteiger partial charge in [0.15, 0.2) is 5.84 Å². The average Bonchev–Trinajstić information content (AvgIpc) is 2.49. The second-order valence-electron chi connectivity index (χ2n) is 5.75. The van der Waals surface area contributed by atoms with E-state index >= 15 is 0 Å². The first-order valence-corrected chi connectivity index (χ1v) is 7.06. The monoisotopic (exact) mass is 291 g/mol. The Morgan fingerprint density at radius 3 is 2.43 bits per heavy atom. The standard InChI is InChI=1S/C15H21N3O3/c1-10-6-8-15(9-7-10,14(16)18-21)17-13(20)11-2-4-12(19)5-3-11/h2-5,10,19,21H,6-9H2,1H3,(H2,16,18)(H,17,20). The number of phenols is 1. The lowest BCUT2D eigenvalue weighted by Crippen LogP contribution is -2.59. The highest BCUT2D eigenvalue weighted by molar-refractivity contribution is 6.00. The summed E-state index contributed by atoms with van der Waals surface area (Å²) in [5.74, 6) is 0.414. The number of aromatic hydroxyl groups is 1. The van der Waals surface area contributed by atoms with Gasteiger partial charge in [-0.05, 0) is 55.9 Å². The van der Waals surface area contributed by atoms with Crippen LogP contribution in [0.5, 0.6) is 5.75 Å². The van der Waals surface area contributed by atoms with Gasteiger partial charge in [-0.2, -0.15) is 0 Å². The third-order valence-corrected chi connectivity index (χ3v) is 4.21. The van der Waals surface area contributed by atoms with Gasteiger partial charge in [0.25, 0.3) is 5.91 Å². The topological polar surface area (TPSA) is 108 Å². The van der Waals surface area contributed by atoms with E-state index in [2.05, 4.69) is 17.4 Å². The van der Waals surface area contributed by atoms with E-state index in [4.69, 9.17) is 10.9 Å². The SMILES string of the molecule is CC1CCC(NC(=O)c2ccc(O)cc2)(/C(N)=N/O)CC1. The van der Waals surface area contributed by atoms with Crippen molar-refractivity contribution in [1.29, 1.82) is 0 Å². The molecule has 2 rings (SSSR count). The molecule has 6 nitrogen and oxygen atoms in total. The number of amidine groups is 1. The van der Waals surface area contributed by atoms with E-state index in [1.165, 1.54) is 24.3 Å². The van der Waals surface area contributed by atoms with Gasteiger partial charge in [0.1, 0.15) is 11.3 Å². The molecule has 1 aliphatic carbocycles. The molecule has 5 N–H and O–H groups in total. The average molecular weight is 291 g/mol. The van der Waals surface area contributed by atoms with Crippen LogP contribution in [0.25, 0.3) is 0 Å². The van der Waals surface area contributed by atoms with Crippen molar-refractivity contribution in [2.75, 3.05) is 0 Å². The number of hydrogen-bond acceptors (Lipinski definition) is 4. The first-order chi connectivity index (χ1) is 9.97. The molecule has 1 amide bonds. The van der Waals surface area contributed by atoms with Crippen LogP contribution in [-0.2, 0) is 0 Å². The molecule has 0 aliphatic heterocycles. The summed E-state index contributed by atoms with van der Waals surface area (Å²) in [6.07, 6.45) is 3.11. The smallest absolute Gasteiger partial charge is 0.252 e. The first kappa shape index (κ1) is 15.2. The van der Waals surface area contributed by atoms with Gasteiger partial charge in [-0.1, -0.05) is 12.1 Å². The summed E-state index contributed by atoms with van der Waals surface area (Å²) in [5, 5.41) is 24.3. The van der Waals surface area contributed by atoms with Gasteiger partial charge < -0.3 is 21.4 Å². The van der Waals surface area contributed by atoms with Gasteiger partial charge in [-0.15, -0.1) is 0 Å². The van der Waals surface area contributed by atoms with Gasteiger partial charge >= 0.3 is 0 Å². The normalized spacial score (nSPS) is 26.3. The quantitative estimate of drug-likeness (QED) is 0.295. The number of carbonyl (C=O) groups is 1. The van der Waals surface area contributed by atoms with Crippen LogP contribution in [-0.4, -0.2) is 27.6 Å². The summed E-state index contributed by atoms with van der Waals surface area (Å²) < 4.78 is 0. The number of oxime groups is 1. The number of rotatable bonds is 3. The van der Waals surface area contributed by atoms with E-state index in [1.807, 2.05) is 0 Å². The Balaban J connectivity index is 2.19. The minimum Gasteiger partial charge on any atom is -0.508 e. The van der Waals surface area contributed by atoms with Crippen molar-refractivity contribution < 1.29 is 15.1 Å². The number of nitrogens with zero attached hydrogens (tertiary/aromatic N) is 1. The zero-order valence-electron chi connectivity index (χ0n) is 12.0. The van der Waals surface area contributed by atoms with Gasteiger partial charge in [-0.3, -0.25) is 4.79 Å². The first-order valence-electron chi connectivity index (χ1n) is 7.06. The maximum absolute atomic E-state index is 12.3. The van der Waals surface area contributed by atoms with Crippen molar-refractivity contribution in [1.82, 2.24) is 5.32 Å². The molecule has 1 fully saturated rings. The fourth-order valence-electron chi connectivity index (χ4n) is 2.70. The van der Waals surface area contributed by atoms with Crippen molar-refractivity contribution in [3.8, 4) is 5.75 Å². The van der Waals surface area contributed by atoms with E-state index in [0.29, 0.717) is 24.3 Å². The van der Waals surface area contributed by atoms with Crippen LogP contribution in [0, 0.1) is 5.92 Å². The number of benzene rings is 1. The summed E-state index contributed by atoms with van der Waals surface area (Å²) in [6, 6.07) is 5.98. The van der Waals surface area contributed by atoms with E-state index in [9.17, 15) is 9.90 Å². The predicted molar refractivity (Wildman–Crippen MR) is 79.3 cm³/mol. The molecular formula is C15H21N3O3. The van der Waals surface area contributed by atoms with Crippen LogP contribution in [0.1, 0.15) is 43.0 Å². The molecule has 1 aromatic carbocycles. The van der Waals surface area contributed by atoms with Gasteiger partial charge in [-0.25, -0.2) is 0 Å². The molecule has 1 aliphatic rings. The van der Waals surface area contributed by atoms with Crippen LogP contribution in [0.4, 0.5) is 0 Å². The molecule has 0 atom stereocenters. The Bertz CT molecular complexity index is 532. The molecule has 0 aromatic heterocycles.